The van der Waals surface area contributed by atoms with Crippen molar-refractivity contribution >= 4 is 28.4 Å². The van der Waals surface area contributed by atoms with Crippen LogP contribution in [0.2, 0.25) is 0 Å². The van der Waals surface area contributed by atoms with Crippen molar-refractivity contribution in [2.24, 2.45) is 0 Å². The molecule has 0 aromatic heterocycles. The third-order valence-corrected chi connectivity index (χ3v) is 5.37. The van der Waals surface area contributed by atoms with E-state index < -0.39 is 16.0 Å². The van der Waals surface area contributed by atoms with Crippen LogP contribution in [0.3, 0.4) is 0 Å². The van der Waals surface area contributed by atoms with E-state index in [0.29, 0.717) is 18.7 Å². The van der Waals surface area contributed by atoms with Crippen molar-refractivity contribution < 1.29 is 17.9 Å². The summed E-state index contributed by atoms with van der Waals surface area (Å²) in [6, 6.07) is 6.10. The summed E-state index contributed by atoms with van der Waals surface area (Å²) in [4.78, 5) is 11.8. The maximum absolute atomic E-state index is 12.7. The second-order valence-electron chi connectivity index (χ2n) is 5.54. The minimum absolute atomic E-state index is 0. The van der Waals surface area contributed by atoms with Gasteiger partial charge in [0.15, 0.2) is 0 Å². The quantitative estimate of drug-likeness (QED) is 0.824. The molecule has 0 saturated carbocycles. The maximum Gasteiger partial charge on any atom is 0.338 e. The minimum atomic E-state index is -3.54. The number of nitrogens with zero attached hydrogens (tertiary/aromatic N) is 1. The van der Waals surface area contributed by atoms with E-state index in [9.17, 15) is 13.2 Å². The molecule has 0 spiro atoms. The number of piperazine rings is 1. The van der Waals surface area contributed by atoms with Gasteiger partial charge >= 0.3 is 5.97 Å². The van der Waals surface area contributed by atoms with Crippen molar-refractivity contribution in [3.63, 3.8) is 0 Å². The molecule has 2 atom stereocenters. The van der Waals surface area contributed by atoms with Gasteiger partial charge in [0.2, 0.25) is 10.0 Å². The van der Waals surface area contributed by atoms with Crippen LogP contribution in [-0.2, 0) is 14.8 Å². The van der Waals surface area contributed by atoms with Crippen molar-refractivity contribution in [1.82, 2.24) is 9.62 Å². The highest BCUT2D eigenvalue weighted by atomic mass is 35.5. The van der Waals surface area contributed by atoms with E-state index in [2.05, 4.69) is 5.32 Å². The summed E-state index contributed by atoms with van der Waals surface area (Å²) < 4.78 is 31.7. The number of hydrogen-bond donors (Lipinski definition) is 1. The van der Waals surface area contributed by atoms with Crippen LogP contribution in [0.15, 0.2) is 29.2 Å². The summed E-state index contributed by atoms with van der Waals surface area (Å²) in [5, 5.41) is 3.30. The first-order chi connectivity index (χ1) is 10.3. The summed E-state index contributed by atoms with van der Waals surface area (Å²) in [6.45, 7) is 6.81. The zero-order chi connectivity index (χ0) is 16.3. The van der Waals surface area contributed by atoms with Gasteiger partial charge in [0.25, 0.3) is 0 Å². The zero-order valence-corrected chi connectivity index (χ0v) is 15.1. The Morgan fingerprint density at radius 2 is 1.74 bits per heavy atom. The van der Waals surface area contributed by atoms with Crippen molar-refractivity contribution in [1.29, 1.82) is 0 Å². The number of rotatable bonds is 4. The molecule has 1 heterocycles. The monoisotopic (exact) mass is 362 g/mol. The van der Waals surface area contributed by atoms with Gasteiger partial charge in [-0.25, -0.2) is 13.2 Å². The summed E-state index contributed by atoms with van der Waals surface area (Å²) >= 11 is 0. The Kier molecular flexibility index (Phi) is 7.01. The number of sulfonamides is 1. The largest absolute Gasteiger partial charge is 0.462 e. The molecule has 6 nitrogen and oxygen atoms in total. The molecule has 130 valence electrons. The SMILES string of the molecule is CCOC(=O)c1ccc(S(=O)(=O)N2CC(C)NC(C)C2)cc1.Cl. The number of carbonyl (C=O) groups is 1. The lowest BCUT2D eigenvalue weighted by Crippen LogP contribution is -2.55. The molecule has 1 aromatic carbocycles. The van der Waals surface area contributed by atoms with Crippen LogP contribution >= 0.6 is 12.4 Å². The van der Waals surface area contributed by atoms with Gasteiger partial charge in [0, 0.05) is 25.2 Å². The topological polar surface area (TPSA) is 75.7 Å². The van der Waals surface area contributed by atoms with Crippen LogP contribution in [0.25, 0.3) is 0 Å². The molecule has 1 saturated heterocycles. The Balaban J connectivity index is 0.00000264. The smallest absolute Gasteiger partial charge is 0.338 e. The molecule has 1 aliphatic rings. The number of ether oxygens (including phenoxy) is 1. The van der Waals surface area contributed by atoms with E-state index in [-0.39, 0.29) is 36.0 Å². The molecule has 2 unspecified atom stereocenters. The summed E-state index contributed by atoms with van der Waals surface area (Å²) in [5.74, 6) is -0.448. The molecular formula is C15H23ClN2O4S. The molecule has 0 radical (unpaired) electrons. The molecular weight excluding hydrogens is 340 g/mol. The van der Waals surface area contributed by atoms with Gasteiger partial charge in [-0.05, 0) is 45.0 Å². The Morgan fingerprint density at radius 1 is 1.22 bits per heavy atom. The summed E-state index contributed by atoms with van der Waals surface area (Å²) in [6.07, 6.45) is 0. The fourth-order valence-corrected chi connectivity index (χ4v) is 4.22. The molecule has 1 N–H and O–H groups in total. The minimum Gasteiger partial charge on any atom is -0.462 e. The lowest BCUT2D eigenvalue weighted by Gasteiger charge is -2.35. The molecule has 2 rings (SSSR count). The van der Waals surface area contributed by atoms with E-state index in [1.165, 1.54) is 28.6 Å². The summed E-state index contributed by atoms with van der Waals surface area (Å²) in [7, 11) is -3.54. The van der Waals surface area contributed by atoms with Crippen LogP contribution in [0.4, 0.5) is 0 Å². The standard InChI is InChI=1S/C15H22N2O4S.ClH/c1-4-21-15(18)13-5-7-14(8-6-13)22(19,20)17-9-11(2)16-12(3)10-17;/h5-8,11-12,16H,4,9-10H2,1-3H3;1H. The van der Waals surface area contributed by atoms with Gasteiger partial charge in [-0.1, -0.05) is 0 Å². The van der Waals surface area contributed by atoms with Gasteiger partial charge in [0.05, 0.1) is 17.1 Å². The number of halogens is 1. The molecule has 23 heavy (non-hydrogen) atoms. The number of carbonyl (C=O) groups excluding carboxylic acids is 1. The fraction of sp³-hybridized carbons (Fsp3) is 0.533. The highest BCUT2D eigenvalue weighted by molar-refractivity contribution is 7.89. The molecule has 1 aromatic rings. The maximum atomic E-state index is 12.7. The molecule has 1 fully saturated rings. The third kappa shape index (κ3) is 4.67. The van der Waals surface area contributed by atoms with Crippen LogP contribution in [-0.4, -0.2) is 50.5 Å². The fourth-order valence-electron chi connectivity index (χ4n) is 2.60. The first-order valence-corrected chi connectivity index (χ1v) is 8.82. The lowest BCUT2D eigenvalue weighted by atomic mass is 10.2. The van der Waals surface area contributed by atoms with Gasteiger partial charge < -0.3 is 10.1 Å². The van der Waals surface area contributed by atoms with Crippen molar-refractivity contribution in [3.05, 3.63) is 29.8 Å². The number of esters is 1. The number of nitrogens with one attached hydrogen (secondary N) is 1. The molecule has 0 bridgehead atoms. The predicted molar refractivity (Wildman–Crippen MR) is 90.5 cm³/mol. The zero-order valence-electron chi connectivity index (χ0n) is 13.5. The average Bonchev–Trinajstić information content (AvgIpc) is 2.46. The van der Waals surface area contributed by atoms with Gasteiger partial charge in [-0.15, -0.1) is 12.4 Å². The van der Waals surface area contributed by atoms with E-state index in [0.717, 1.165) is 0 Å². The molecule has 1 aliphatic heterocycles. The highest BCUT2D eigenvalue weighted by Crippen LogP contribution is 2.19. The Morgan fingerprint density at radius 3 is 2.22 bits per heavy atom. The predicted octanol–water partition coefficient (Wildman–Crippen LogP) is 1.66. The Hall–Kier alpha value is -1.15. The van der Waals surface area contributed by atoms with E-state index in [1.807, 2.05) is 13.8 Å². The highest BCUT2D eigenvalue weighted by Gasteiger charge is 2.31. The molecule has 8 heteroatoms. The number of benzene rings is 1. The lowest BCUT2D eigenvalue weighted by molar-refractivity contribution is 0.0526. The second-order valence-corrected chi connectivity index (χ2v) is 7.47. The Labute approximate surface area is 143 Å². The van der Waals surface area contributed by atoms with E-state index >= 15 is 0 Å². The van der Waals surface area contributed by atoms with Crippen LogP contribution in [0, 0.1) is 0 Å². The average molecular weight is 363 g/mol. The first-order valence-electron chi connectivity index (χ1n) is 7.38. The van der Waals surface area contributed by atoms with Gasteiger partial charge in [0.1, 0.15) is 0 Å². The van der Waals surface area contributed by atoms with Crippen LogP contribution in [0.1, 0.15) is 31.1 Å². The summed E-state index contributed by atoms with van der Waals surface area (Å²) in [5.41, 5.74) is 0.350. The van der Waals surface area contributed by atoms with Crippen molar-refractivity contribution in [2.45, 2.75) is 37.8 Å². The van der Waals surface area contributed by atoms with Crippen molar-refractivity contribution in [3.8, 4) is 0 Å². The Bertz CT molecular complexity index is 623. The van der Waals surface area contributed by atoms with Gasteiger partial charge in [-0.2, -0.15) is 4.31 Å². The van der Waals surface area contributed by atoms with E-state index in [4.69, 9.17) is 4.74 Å². The second kappa shape index (κ2) is 8.10. The van der Waals surface area contributed by atoms with E-state index in [1.54, 1.807) is 6.92 Å². The third-order valence-electron chi connectivity index (χ3n) is 3.53. The van der Waals surface area contributed by atoms with Crippen LogP contribution in [0.5, 0.6) is 0 Å². The number of hydrogen-bond acceptors (Lipinski definition) is 5. The van der Waals surface area contributed by atoms with Crippen molar-refractivity contribution in [2.75, 3.05) is 19.7 Å². The molecule has 0 aliphatic carbocycles. The van der Waals surface area contributed by atoms with Gasteiger partial charge in [-0.3, -0.25) is 0 Å². The van der Waals surface area contributed by atoms with Crippen LogP contribution < -0.4 is 5.32 Å². The first kappa shape index (κ1) is 19.9. The normalized spacial score (nSPS) is 22.2. The molecule has 0 amide bonds.